The van der Waals surface area contributed by atoms with Crippen molar-refractivity contribution in [3.63, 3.8) is 0 Å². The van der Waals surface area contributed by atoms with Crippen LogP contribution in [0.25, 0.3) is 10.4 Å². The molecule has 42 heavy (non-hydrogen) atoms. The Balaban J connectivity index is 1.34. The van der Waals surface area contributed by atoms with Crippen LogP contribution in [-0.2, 0) is 44.8 Å². The summed E-state index contributed by atoms with van der Waals surface area (Å²) < 4.78 is 17.9. The number of carboxylic acids is 1. The second-order valence-corrected chi connectivity index (χ2v) is 10.6. The van der Waals surface area contributed by atoms with Crippen LogP contribution in [-0.4, -0.2) is 66.8 Å². The lowest BCUT2D eigenvalue weighted by Gasteiger charge is -2.17. The molecule has 11 heteroatoms. The summed E-state index contributed by atoms with van der Waals surface area (Å²) in [5.41, 5.74) is 12.8. The lowest BCUT2D eigenvalue weighted by atomic mass is 9.91. The van der Waals surface area contributed by atoms with E-state index in [-0.39, 0.29) is 17.9 Å². The summed E-state index contributed by atoms with van der Waals surface area (Å²) in [6, 6.07) is 7.71. The summed E-state index contributed by atoms with van der Waals surface area (Å²) in [5, 5.41) is 12.9. The largest absolute Gasteiger partial charge is 0.481 e. The van der Waals surface area contributed by atoms with Crippen LogP contribution < -0.4 is 5.56 Å². The van der Waals surface area contributed by atoms with Gasteiger partial charge in [0.1, 0.15) is 0 Å². The summed E-state index contributed by atoms with van der Waals surface area (Å²) >= 11 is 0. The van der Waals surface area contributed by atoms with Gasteiger partial charge in [0.15, 0.2) is 0 Å². The zero-order chi connectivity index (χ0) is 29.8. The van der Waals surface area contributed by atoms with E-state index in [2.05, 4.69) is 22.2 Å². The third-order valence-corrected chi connectivity index (χ3v) is 7.49. The number of aliphatic carboxylic acids is 1. The maximum absolute atomic E-state index is 12.4. The second-order valence-electron chi connectivity index (χ2n) is 10.6. The van der Waals surface area contributed by atoms with Crippen LogP contribution in [0.15, 0.2) is 40.4 Å². The molecule has 230 valence electrons. The van der Waals surface area contributed by atoms with Gasteiger partial charge in [-0.25, -0.2) is 0 Å². The maximum Gasteiger partial charge on any atom is 0.303 e. The number of ether oxygens (including phenoxy) is 3. The van der Waals surface area contributed by atoms with E-state index in [1.165, 1.54) is 35.9 Å². The van der Waals surface area contributed by atoms with E-state index in [4.69, 9.17) is 24.7 Å². The van der Waals surface area contributed by atoms with Crippen molar-refractivity contribution in [2.45, 2.75) is 83.1 Å². The summed E-state index contributed by atoms with van der Waals surface area (Å²) in [5.74, 6) is -0.972. The number of nitrogens with zero attached hydrogens (tertiary/aromatic N) is 5. The molecule has 0 aliphatic heterocycles. The third-order valence-electron chi connectivity index (χ3n) is 7.49. The van der Waals surface area contributed by atoms with Gasteiger partial charge < -0.3 is 23.9 Å². The first kappa shape index (κ1) is 33.3. The first-order valence-corrected chi connectivity index (χ1v) is 15.2. The van der Waals surface area contributed by atoms with Crippen molar-refractivity contribution >= 4 is 5.97 Å². The van der Waals surface area contributed by atoms with Crippen molar-refractivity contribution in [1.82, 2.24) is 9.55 Å². The topological polar surface area (TPSA) is 149 Å². The van der Waals surface area contributed by atoms with E-state index in [0.29, 0.717) is 52.7 Å². The third kappa shape index (κ3) is 12.7. The zero-order valence-corrected chi connectivity index (χ0v) is 24.6. The summed E-state index contributed by atoms with van der Waals surface area (Å²) in [4.78, 5) is 31.5. The molecule has 0 spiro atoms. The molecule has 0 saturated heterocycles. The van der Waals surface area contributed by atoms with Crippen molar-refractivity contribution in [1.29, 1.82) is 0 Å². The predicted molar refractivity (Wildman–Crippen MR) is 160 cm³/mol. The zero-order valence-electron chi connectivity index (χ0n) is 24.6. The molecule has 0 fully saturated rings. The Kier molecular flexibility index (Phi) is 15.7. The summed E-state index contributed by atoms with van der Waals surface area (Å²) in [7, 11) is 0. The first-order valence-electron chi connectivity index (χ1n) is 15.2. The highest BCUT2D eigenvalue weighted by Crippen LogP contribution is 2.26. The van der Waals surface area contributed by atoms with Gasteiger partial charge in [0.2, 0.25) is 0 Å². The lowest BCUT2D eigenvalue weighted by Crippen LogP contribution is -2.23. The molecule has 0 bridgehead atoms. The van der Waals surface area contributed by atoms with Crippen LogP contribution >= 0.6 is 0 Å². The fraction of sp³-hybridized carbons (Fsp3) is 0.645. The van der Waals surface area contributed by atoms with E-state index in [1.807, 2.05) is 0 Å². The lowest BCUT2D eigenvalue weighted by molar-refractivity contribution is -0.137. The highest BCUT2D eigenvalue weighted by molar-refractivity contribution is 5.68. The number of unbranched alkanes of at least 4 members (excludes halogenated alkanes) is 3. The molecule has 0 aromatic carbocycles. The Bertz CT molecular complexity index is 1200. The highest BCUT2D eigenvalue weighted by atomic mass is 16.5. The summed E-state index contributed by atoms with van der Waals surface area (Å²) in [6.45, 7) is 3.00. The Morgan fingerprint density at radius 3 is 2.50 bits per heavy atom. The first-order chi connectivity index (χ1) is 20.6. The van der Waals surface area contributed by atoms with Crippen LogP contribution in [0.4, 0.5) is 0 Å². The molecular weight excluding hydrogens is 538 g/mol. The number of azide groups is 1. The maximum atomic E-state index is 12.4. The number of hydrogen-bond donors (Lipinski definition) is 1. The van der Waals surface area contributed by atoms with Gasteiger partial charge in [-0.15, -0.1) is 0 Å². The minimum absolute atomic E-state index is 0.0420. The molecule has 1 atom stereocenters. The fourth-order valence-electron chi connectivity index (χ4n) is 5.24. The normalized spacial score (nSPS) is 13.3. The number of fused-ring (bicyclic) bond motifs is 1. The summed E-state index contributed by atoms with van der Waals surface area (Å²) in [6.07, 6.45) is 12.5. The van der Waals surface area contributed by atoms with Gasteiger partial charge in [-0.3, -0.25) is 14.6 Å². The number of carboxylic acid groups (broad SMARTS) is 1. The van der Waals surface area contributed by atoms with Gasteiger partial charge in [-0.2, -0.15) is 0 Å². The molecular formula is C31H45N5O6. The molecule has 11 nitrogen and oxygen atoms in total. The van der Waals surface area contributed by atoms with E-state index in [9.17, 15) is 14.7 Å². The fourth-order valence-corrected chi connectivity index (χ4v) is 5.24. The van der Waals surface area contributed by atoms with Crippen molar-refractivity contribution in [2.75, 3.05) is 46.2 Å². The predicted octanol–water partition coefficient (Wildman–Crippen LogP) is 5.23. The van der Waals surface area contributed by atoms with Crippen LogP contribution in [0, 0.1) is 0 Å². The van der Waals surface area contributed by atoms with Crippen LogP contribution in [0.1, 0.15) is 79.8 Å². The molecule has 2 aromatic heterocycles. The van der Waals surface area contributed by atoms with Gasteiger partial charge >= 0.3 is 5.97 Å². The van der Waals surface area contributed by atoms with E-state index in [1.54, 1.807) is 16.8 Å². The van der Waals surface area contributed by atoms with Crippen molar-refractivity contribution in [3.8, 4) is 0 Å². The minimum atomic E-state index is -0.833. The quantitative estimate of drug-likeness (QED) is 0.0863. The molecule has 1 aliphatic carbocycles. The van der Waals surface area contributed by atoms with Gasteiger partial charge in [-0.1, -0.05) is 36.5 Å². The number of aromatic nitrogens is 2. The Morgan fingerprint density at radius 2 is 1.71 bits per heavy atom. The number of carbonyl (C=O) groups is 1. The molecule has 0 unspecified atom stereocenters. The Hall–Kier alpha value is -3.24. The second kappa shape index (κ2) is 19.8. The Morgan fingerprint density at radius 1 is 0.976 bits per heavy atom. The smallest absolute Gasteiger partial charge is 0.303 e. The standard InChI is InChI=1S/C31H45N5O6/c32-35-33-15-17-40-19-21-42-22-20-41-18-16-36-24-27(12-14-30(36)37)26(23-31(38)39)8-3-1-2-4-9-28-13-11-25-7-5-6-10-29(25)34-28/h11-14,24,26H,1-10,15-23H2,(H,38,39)/t26-/m0/s1. The molecule has 1 aliphatic rings. The molecule has 0 amide bonds. The van der Waals surface area contributed by atoms with Gasteiger partial charge in [0.05, 0.1) is 46.1 Å². The number of rotatable bonds is 22. The van der Waals surface area contributed by atoms with Gasteiger partial charge in [0, 0.05) is 41.7 Å². The molecule has 0 radical (unpaired) electrons. The van der Waals surface area contributed by atoms with Crippen LogP contribution in [0.5, 0.6) is 0 Å². The SMILES string of the molecule is [N-]=[N+]=NCCOCCOCCOCCn1cc([C@@H](CCCCCCc2ccc3c(n2)CCCC3)CC(=O)O)ccc1=O. The van der Waals surface area contributed by atoms with Crippen molar-refractivity contribution in [2.24, 2.45) is 5.11 Å². The van der Waals surface area contributed by atoms with Crippen LogP contribution in [0.3, 0.4) is 0 Å². The molecule has 1 N–H and O–H groups in total. The van der Waals surface area contributed by atoms with Gasteiger partial charge in [0.25, 0.3) is 5.56 Å². The average Bonchev–Trinajstić information content (AvgIpc) is 2.99. The van der Waals surface area contributed by atoms with Crippen molar-refractivity contribution in [3.05, 3.63) is 73.8 Å². The number of aryl methyl sites for hydroxylation is 3. The Labute approximate surface area is 247 Å². The molecule has 2 heterocycles. The molecule has 2 aromatic rings. The molecule has 0 saturated carbocycles. The minimum Gasteiger partial charge on any atom is -0.481 e. The van der Waals surface area contributed by atoms with E-state index in [0.717, 1.165) is 56.9 Å². The van der Waals surface area contributed by atoms with Crippen LogP contribution in [0.2, 0.25) is 0 Å². The van der Waals surface area contributed by atoms with Crippen molar-refractivity contribution < 1.29 is 24.1 Å². The van der Waals surface area contributed by atoms with E-state index >= 15 is 0 Å². The highest BCUT2D eigenvalue weighted by Gasteiger charge is 2.17. The average molecular weight is 584 g/mol. The molecule has 3 rings (SSSR count). The van der Waals surface area contributed by atoms with Gasteiger partial charge in [-0.05, 0) is 73.6 Å². The number of hydrogen-bond acceptors (Lipinski definition) is 7. The van der Waals surface area contributed by atoms with E-state index < -0.39 is 5.97 Å². The number of pyridine rings is 2. The monoisotopic (exact) mass is 583 g/mol.